The fourth-order valence-corrected chi connectivity index (χ4v) is 2.47. The summed E-state index contributed by atoms with van der Waals surface area (Å²) in [6, 6.07) is 13.8. The number of aryl methyl sites for hydroxylation is 2. The van der Waals surface area contributed by atoms with Crippen molar-refractivity contribution in [2.75, 3.05) is 23.8 Å². The Bertz CT molecular complexity index is 649. The van der Waals surface area contributed by atoms with Crippen molar-refractivity contribution in [2.45, 2.75) is 20.8 Å². The van der Waals surface area contributed by atoms with E-state index in [1.54, 1.807) is 4.90 Å². The van der Waals surface area contributed by atoms with E-state index in [1.165, 1.54) is 0 Å². The third kappa shape index (κ3) is 3.24. The van der Waals surface area contributed by atoms with Crippen molar-refractivity contribution in [2.24, 2.45) is 0 Å². The first-order valence-corrected chi connectivity index (χ1v) is 7.23. The Morgan fingerprint density at radius 2 is 1.90 bits per heavy atom. The Labute approximate surface area is 126 Å². The predicted octanol–water partition coefficient (Wildman–Crippen LogP) is 4.01. The fraction of sp³-hybridized carbons (Fsp3) is 0.278. The summed E-state index contributed by atoms with van der Waals surface area (Å²) in [6.45, 7) is 6.68. The van der Waals surface area contributed by atoms with E-state index in [2.05, 4.69) is 5.32 Å². The van der Waals surface area contributed by atoms with Gasteiger partial charge in [0.25, 0.3) is 5.91 Å². The van der Waals surface area contributed by atoms with Crippen molar-refractivity contribution < 1.29 is 4.79 Å². The van der Waals surface area contributed by atoms with Gasteiger partial charge < -0.3 is 10.2 Å². The molecule has 1 amide bonds. The number of nitrogens with zero attached hydrogens (tertiary/aromatic N) is 1. The fourth-order valence-electron chi connectivity index (χ4n) is 2.47. The van der Waals surface area contributed by atoms with Crippen LogP contribution < -0.4 is 10.2 Å². The average Bonchev–Trinajstić information content (AvgIpc) is 2.48. The summed E-state index contributed by atoms with van der Waals surface area (Å²) in [5, 5.41) is 3.12. The van der Waals surface area contributed by atoms with Gasteiger partial charge in [0.05, 0.1) is 0 Å². The molecule has 2 aromatic rings. The van der Waals surface area contributed by atoms with Crippen LogP contribution in [0.3, 0.4) is 0 Å². The highest BCUT2D eigenvalue weighted by molar-refractivity contribution is 6.06. The number of rotatable bonds is 4. The molecule has 2 aromatic carbocycles. The van der Waals surface area contributed by atoms with Crippen LogP contribution in [0.5, 0.6) is 0 Å². The van der Waals surface area contributed by atoms with Crippen LogP contribution in [0, 0.1) is 13.8 Å². The molecule has 0 aliphatic rings. The summed E-state index contributed by atoms with van der Waals surface area (Å²) < 4.78 is 0. The van der Waals surface area contributed by atoms with Gasteiger partial charge in [-0.05, 0) is 62.2 Å². The van der Waals surface area contributed by atoms with Crippen molar-refractivity contribution in [1.29, 1.82) is 0 Å². The largest absolute Gasteiger partial charge is 0.388 e. The lowest BCUT2D eigenvalue weighted by atomic mass is 10.1. The Morgan fingerprint density at radius 1 is 1.14 bits per heavy atom. The van der Waals surface area contributed by atoms with E-state index < -0.39 is 0 Å². The normalized spacial score (nSPS) is 10.3. The monoisotopic (exact) mass is 282 g/mol. The highest BCUT2D eigenvalue weighted by Crippen LogP contribution is 2.21. The molecule has 3 heteroatoms. The van der Waals surface area contributed by atoms with Gasteiger partial charge in [-0.3, -0.25) is 4.79 Å². The zero-order valence-electron chi connectivity index (χ0n) is 13.1. The smallest absolute Gasteiger partial charge is 0.258 e. The van der Waals surface area contributed by atoms with E-state index in [0.717, 1.165) is 28.1 Å². The minimum absolute atomic E-state index is 0.0360. The summed E-state index contributed by atoms with van der Waals surface area (Å²) >= 11 is 0. The maximum absolute atomic E-state index is 12.7. The molecular formula is C18H22N2O. The molecule has 0 spiro atoms. The second-order valence-electron chi connectivity index (χ2n) is 5.17. The number of carbonyl (C=O) groups excluding carboxylic acids is 1. The number of benzene rings is 2. The van der Waals surface area contributed by atoms with Crippen LogP contribution in [0.4, 0.5) is 11.4 Å². The van der Waals surface area contributed by atoms with Gasteiger partial charge in [0, 0.05) is 30.5 Å². The van der Waals surface area contributed by atoms with Crippen molar-refractivity contribution in [3.05, 3.63) is 59.2 Å². The first-order chi connectivity index (χ1) is 10.1. The highest BCUT2D eigenvalue weighted by Gasteiger charge is 2.16. The molecule has 0 fully saturated rings. The van der Waals surface area contributed by atoms with Crippen LogP contribution in [-0.2, 0) is 0 Å². The van der Waals surface area contributed by atoms with Gasteiger partial charge in [0.2, 0.25) is 0 Å². The predicted molar refractivity (Wildman–Crippen MR) is 89.3 cm³/mol. The first-order valence-electron chi connectivity index (χ1n) is 7.23. The van der Waals surface area contributed by atoms with E-state index in [9.17, 15) is 4.79 Å². The van der Waals surface area contributed by atoms with Gasteiger partial charge in [0.1, 0.15) is 0 Å². The molecule has 0 bridgehead atoms. The van der Waals surface area contributed by atoms with E-state index in [-0.39, 0.29) is 5.91 Å². The van der Waals surface area contributed by atoms with E-state index >= 15 is 0 Å². The molecule has 0 saturated carbocycles. The van der Waals surface area contributed by atoms with Crippen molar-refractivity contribution in [3.8, 4) is 0 Å². The van der Waals surface area contributed by atoms with Crippen molar-refractivity contribution >= 4 is 17.3 Å². The Kier molecular flexibility index (Phi) is 4.63. The number of hydrogen-bond acceptors (Lipinski definition) is 2. The first kappa shape index (κ1) is 15.1. The summed E-state index contributed by atoms with van der Waals surface area (Å²) in [4.78, 5) is 14.6. The van der Waals surface area contributed by atoms with Crippen LogP contribution in [0.1, 0.15) is 28.4 Å². The second kappa shape index (κ2) is 6.44. The van der Waals surface area contributed by atoms with Gasteiger partial charge in [-0.25, -0.2) is 0 Å². The summed E-state index contributed by atoms with van der Waals surface area (Å²) in [6.07, 6.45) is 0. The number of anilines is 2. The average molecular weight is 282 g/mol. The van der Waals surface area contributed by atoms with Crippen LogP contribution >= 0.6 is 0 Å². The zero-order chi connectivity index (χ0) is 15.4. The van der Waals surface area contributed by atoms with Gasteiger partial charge in [-0.15, -0.1) is 0 Å². The molecule has 1 N–H and O–H groups in total. The molecule has 0 aromatic heterocycles. The summed E-state index contributed by atoms with van der Waals surface area (Å²) in [7, 11) is 1.88. The van der Waals surface area contributed by atoms with Gasteiger partial charge in [-0.1, -0.05) is 12.1 Å². The summed E-state index contributed by atoms with van der Waals surface area (Å²) in [5.41, 5.74) is 4.93. The SMILES string of the molecule is CCN(C(=O)c1ccc(NC)c(C)c1)c1cccc(C)c1. The van der Waals surface area contributed by atoms with Gasteiger partial charge in [0.15, 0.2) is 0 Å². The minimum atomic E-state index is 0.0360. The zero-order valence-corrected chi connectivity index (χ0v) is 13.1. The molecule has 0 atom stereocenters. The minimum Gasteiger partial charge on any atom is -0.388 e. The third-order valence-corrected chi connectivity index (χ3v) is 3.62. The molecule has 0 radical (unpaired) electrons. The van der Waals surface area contributed by atoms with Gasteiger partial charge >= 0.3 is 0 Å². The second-order valence-corrected chi connectivity index (χ2v) is 5.17. The summed E-state index contributed by atoms with van der Waals surface area (Å²) in [5.74, 6) is 0.0360. The van der Waals surface area contributed by atoms with Crippen LogP contribution in [-0.4, -0.2) is 19.5 Å². The van der Waals surface area contributed by atoms with Crippen LogP contribution in [0.15, 0.2) is 42.5 Å². The lowest BCUT2D eigenvalue weighted by molar-refractivity contribution is 0.0988. The van der Waals surface area contributed by atoms with E-state index in [4.69, 9.17) is 0 Å². The molecule has 0 heterocycles. The molecule has 2 rings (SSSR count). The van der Waals surface area contributed by atoms with Crippen molar-refractivity contribution in [3.63, 3.8) is 0 Å². The quantitative estimate of drug-likeness (QED) is 0.919. The topological polar surface area (TPSA) is 32.3 Å². The van der Waals surface area contributed by atoms with E-state index in [1.807, 2.05) is 70.3 Å². The standard InChI is InChI=1S/C18H22N2O/c1-5-20(16-8-6-7-13(2)11-16)18(21)15-9-10-17(19-4)14(3)12-15/h6-12,19H,5H2,1-4H3. The van der Waals surface area contributed by atoms with Crippen LogP contribution in [0.25, 0.3) is 0 Å². The molecule has 0 aliphatic carbocycles. The maximum atomic E-state index is 12.7. The Morgan fingerprint density at radius 3 is 2.48 bits per heavy atom. The number of amides is 1. The van der Waals surface area contributed by atoms with Crippen molar-refractivity contribution in [1.82, 2.24) is 0 Å². The highest BCUT2D eigenvalue weighted by atomic mass is 16.2. The molecule has 110 valence electrons. The lowest BCUT2D eigenvalue weighted by Gasteiger charge is -2.22. The molecule has 0 saturated heterocycles. The Hall–Kier alpha value is -2.29. The number of hydrogen-bond donors (Lipinski definition) is 1. The number of carbonyl (C=O) groups is 1. The molecule has 3 nitrogen and oxygen atoms in total. The maximum Gasteiger partial charge on any atom is 0.258 e. The lowest BCUT2D eigenvalue weighted by Crippen LogP contribution is -2.30. The number of nitrogens with one attached hydrogen (secondary N) is 1. The third-order valence-electron chi connectivity index (χ3n) is 3.62. The molecule has 0 unspecified atom stereocenters. The van der Waals surface area contributed by atoms with E-state index in [0.29, 0.717) is 6.54 Å². The Balaban J connectivity index is 2.34. The molecule has 21 heavy (non-hydrogen) atoms. The molecule has 0 aliphatic heterocycles. The molecular weight excluding hydrogens is 260 g/mol. The van der Waals surface area contributed by atoms with Gasteiger partial charge in [-0.2, -0.15) is 0 Å². The van der Waals surface area contributed by atoms with Crippen LogP contribution in [0.2, 0.25) is 0 Å².